The van der Waals surface area contributed by atoms with E-state index in [0.29, 0.717) is 45.3 Å². The number of phenols is 1. The maximum atomic E-state index is 13.6. The number of carbonyl (C=O) groups is 3. The van der Waals surface area contributed by atoms with Crippen molar-refractivity contribution in [2.75, 3.05) is 13.2 Å². The summed E-state index contributed by atoms with van der Waals surface area (Å²) >= 11 is 0. The number of phenolic OH excluding ortho intramolecular Hbond substituents is 1. The lowest BCUT2D eigenvalue weighted by atomic mass is 9.69. The number of carbonyl (C=O) groups excluding carboxylic acids is 2. The molecule has 2 aromatic carbocycles. The van der Waals surface area contributed by atoms with E-state index in [2.05, 4.69) is 18.0 Å². The van der Waals surface area contributed by atoms with Crippen molar-refractivity contribution < 1.29 is 29.3 Å². The zero-order chi connectivity index (χ0) is 31.5. The van der Waals surface area contributed by atoms with Crippen LogP contribution in [0, 0.1) is 17.8 Å². The second-order valence-corrected chi connectivity index (χ2v) is 12.4. The van der Waals surface area contributed by atoms with Crippen molar-refractivity contribution in [3.63, 3.8) is 0 Å². The topological polar surface area (TPSA) is 117 Å². The predicted octanol–water partition coefficient (Wildman–Crippen LogP) is 6.63. The number of aliphatic carboxylic acids is 1. The molecule has 8 nitrogen and oxygen atoms in total. The first-order valence-electron chi connectivity index (χ1n) is 16.1. The van der Waals surface area contributed by atoms with E-state index in [1.54, 1.807) is 12.3 Å². The first-order valence-corrected chi connectivity index (χ1v) is 16.1. The highest BCUT2D eigenvalue weighted by Crippen LogP contribution is 2.50. The van der Waals surface area contributed by atoms with E-state index < -0.39 is 5.97 Å². The van der Waals surface area contributed by atoms with E-state index >= 15 is 0 Å². The largest absolute Gasteiger partial charge is 0.507 e. The van der Waals surface area contributed by atoms with Gasteiger partial charge in [-0.15, -0.1) is 0 Å². The molecular weight excluding hydrogens is 568 g/mol. The molecule has 3 aliphatic rings. The van der Waals surface area contributed by atoms with Crippen molar-refractivity contribution in [3.8, 4) is 5.75 Å². The summed E-state index contributed by atoms with van der Waals surface area (Å²) < 4.78 is 6.44. The number of imide groups is 1. The Bertz CT molecular complexity index is 1660. The minimum Gasteiger partial charge on any atom is -0.507 e. The molecule has 2 amide bonds. The molecule has 3 heterocycles. The lowest BCUT2D eigenvalue weighted by molar-refractivity contribution is -0.141. The Labute approximate surface area is 263 Å². The number of carboxylic acid groups (broad SMARTS) is 1. The summed E-state index contributed by atoms with van der Waals surface area (Å²) in [5, 5.41) is 21.1. The molecule has 6 rings (SSSR count). The Kier molecular flexibility index (Phi) is 9.12. The van der Waals surface area contributed by atoms with Gasteiger partial charge in [0.1, 0.15) is 5.75 Å². The van der Waals surface area contributed by atoms with Gasteiger partial charge in [-0.2, -0.15) is 0 Å². The molecule has 3 aromatic rings. The van der Waals surface area contributed by atoms with Gasteiger partial charge in [-0.3, -0.25) is 24.3 Å². The molecule has 1 aromatic heterocycles. The normalized spacial score (nSPS) is 23.1. The minimum atomic E-state index is -0.827. The average molecular weight is 609 g/mol. The fourth-order valence-corrected chi connectivity index (χ4v) is 7.55. The summed E-state index contributed by atoms with van der Waals surface area (Å²) in [6.07, 6.45) is 8.57. The molecule has 2 aliphatic heterocycles. The third-order valence-corrected chi connectivity index (χ3v) is 9.73. The van der Waals surface area contributed by atoms with Crippen LogP contribution in [-0.2, 0) is 19.1 Å². The molecule has 2 N–H and O–H groups in total. The fourth-order valence-electron chi connectivity index (χ4n) is 7.55. The highest BCUT2D eigenvalue weighted by molar-refractivity contribution is 6.06. The van der Waals surface area contributed by atoms with Crippen LogP contribution in [0.3, 0.4) is 0 Å². The standard InChI is InChI=1S/C37H40N2O6/c1-2-23-21-28-35(37(44)39(36(28)43)19-9-3-4-13-33(41)42)29-22-45-32(34(23)29)17-15-25(30-12-7-8-18-38-30)20-24-14-16-31(40)27-11-6-5-10-26(24)27/h5-8,10-12,14,16,18,20,28-29,32,35,40H,2-4,9,13,15,17,19,21-22H2,1H3,(H,41,42)/b25-20-/t28-,29+,32-,35-/m1/s1. The van der Waals surface area contributed by atoms with Gasteiger partial charge >= 0.3 is 5.97 Å². The van der Waals surface area contributed by atoms with Crippen LogP contribution in [0.1, 0.15) is 69.5 Å². The number of amides is 2. The summed E-state index contributed by atoms with van der Waals surface area (Å²) in [5.74, 6) is -1.58. The van der Waals surface area contributed by atoms with Gasteiger partial charge in [0.2, 0.25) is 11.8 Å². The third-order valence-electron chi connectivity index (χ3n) is 9.73. The van der Waals surface area contributed by atoms with Crippen molar-refractivity contribution in [1.82, 2.24) is 9.88 Å². The van der Waals surface area contributed by atoms with Crippen molar-refractivity contribution >= 4 is 40.2 Å². The number of unbranched alkanes of at least 4 members (excludes halogenated alkanes) is 2. The Balaban J connectivity index is 1.22. The predicted molar refractivity (Wildman–Crippen MR) is 172 cm³/mol. The zero-order valence-electron chi connectivity index (χ0n) is 25.7. The van der Waals surface area contributed by atoms with Gasteiger partial charge in [-0.25, -0.2) is 0 Å². The Morgan fingerprint density at radius 2 is 1.78 bits per heavy atom. The second kappa shape index (κ2) is 13.4. The molecule has 0 radical (unpaired) electrons. The van der Waals surface area contributed by atoms with Crippen molar-refractivity contribution in [2.24, 2.45) is 17.8 Å². The van der Waals surface area contributed by atoms with Gasteiger partial charge in [0, 0.05) is 30.5 Å². The average Bonchev–Trinajstić information content (AvgIpc) is 3.58. The molecule has 2 fully saturated rings. The van der Waals surface area contributed by atoms with Gasteiger partial charge in [0.15, 0.2) is 0 Å². The molecule has 1 aliphatic carbocycles. The number of aromatic nitrogens is 1. The smallest absolute Gasteiger partial charge is 0.303 e. The molecule has 45 heavy (non-hydrogen) atoms. The van der Waals surface area contributed by atoms with E-state index in [4.69, 9.17) is 9.84 Å². The number of benzene rings is 2. The highest BCUT2D eigenvalue weighted by atomic mass is 16.5. The van der Waals surface area contributed by atoms with Gasteiger partial charge < -0.3 is 14.9 Å². The summed E-state index contributed by atoms with van der Waals surface area (Å²) in [7, 11) is 0. The number of hydrogen-bond acceptors (Lipinski definition) is 6. The van der Waals surface area contributed by atoms with Crippen LogP contribution in [0.15, 0.2) is 71.9 Å². The van der Waals surface area contributed by atoms with Crippen LogP contribution in [0.25, 0.3) is 22.4 Å². The van der Waals surface area contributed by atoms with E-state index in [0.717, 1.165) is 40.4 Å². The lowest BCUT2D eigenvalue weighted by Gasteiger charge is -2.31. The number of fused-ring (bicyclic) bond motifs is 4. The summed E-state index contributed by atoms with van der Waals surface area (Å²) in [4.78, 5) is 44.0. The molecule has 0 bridgehead atoms. The third kappa shape index (κ3) is 6.16. The number of nitrogens with zero attached hydrogens (tertiary/aromatic N) is 2. The van der Waals surface area contributed by atoms with E-state index in [1.807, 2.05) is 48.5 Å². The number of ether oxygens (including phenoxy) is 1. The fraction of sp³-hybridized carbons (Fsp3) is 0.405. The summed E-state index contributed by atoms with van der Waals surface area (Å²) in [5.41, 5.74) is 5.39. The first-order chi connectivity index (χ1) is 21.9. The van der Waals surface area contributed by atoms with Crippen molar-refractivity contribution in [3.05, 3.63) is 83.2 Å². The lowest BCUT2D eigenvalue weighted by Crippen LogP contribution is -2.34. The minimum absolute atomic E-state index is 0.0850. The number of hydrogen-bond donors (Lipinski definition) is 2. The van der Waals surface area contributed by atoms with E-state index in [1.165, 1.54) is 16.0 Å². The number of pyridine rings is 1. The van der Waals surface area contributed by atoms with Crippen LogP contribution >= 0.6 is 0 Å². The molecule has 0 spiro atoms. The second-order valence-electron chi connectivity index (χ2n) is 12.4. The molecular formula is C37H40N2O6. The van der Waals surface area contributed by atoms with Crippen molar-refractivity contribution in [1.29, 1.82) is 0 Å². The monoisotopic (exact) mass is 608 g/mol. The number of carboxylic acids is 1. The Hall–Kier alpha value is -4.30. The Morgan fingerprint density at radius 3 is 2.53 bits per heavy atom. The van der Waals surface area contributed by atoms with Crippen molar-refractivity contribution in [2.45, 2.75) is 64.4 Å². The SMILES string of the molecule is CCC1=C2[C@@H](CC/C(=C/c3ccc(O)c4ccccc34)c3ccccn3)OC[C@@H]2[C@@H]2C(=O)N(CCCCCC(=O)O)C(=O)[C@@H]2C1. The summed E-state index contributed by atoms with van der Waals surface area (Å²) in [6.45, 7) is 2.90. The number of aromatic hydroxyl groups is 1. The van der Waals surface area contributed by atoms with Gasteiger partial charge in [-0.1, -0.05) is 55.3 Å². The van der Waals surface area contributed by atoms with Gasteiger partial charge in [0.25, 0.3) is 0 Å². The number of likely N-dealkylation sites (tertiary alicyclic amines) is 1. The highest BCUT2D eigenvalue weighted by Gasteiger charge is 2.56. The zero-order valence-corrected chi connectivity index (χ0v) is 25.7. The molecule has 4 atom stereocenters. The quantitative estimate of drug-likeness (QED) is 0.135. The molecule has 0 saturated carbocycles. The maximum Gasteiger partial charge on any atom is 0.303 e. The van der Waals surface area contributed by atoms with Gasteiger partial charge in [-0.05, 0) is 84.9 Å². The number of allylic oxidation sites excluding steroid dienone is 2. The van der Waals surface area contributed by atoms with Gasteiger partial charge in [0.05, 0.1) is 30.2 Å². The van der Waals surface area contributed by atoms with Crippen LogP contribution in [-0.4, -0.2) is 57.1 Å². The van der Waals surface area contributed by atoms with E-state index in [9.17, 15) is 19.5 Å². The van der Waals surface area contributed by atoms with E-state index in [-0.39, 0.29) is 47.8 Å². The molecule has 8 heteroatoms. The van der Waals surface area contributed by atoms with Crippen LogP contribution < -0.4 is 0 Å². The molecule has 2 saturated heterocycles. The molecule has 234 valence electrons. The van der Waals surface area contributed by atoms with Crippen LogP contribution in [0.2, 0.25) is 0 Å². The first kappa shape index (κ1) is 30.7. The van der Waals surface area contributed by atoms with Crippen LogP contribution in [0.4, 0.5) is 0 Å². The maximum absolute atomic E-state index is 13.6. The van der Waals surface area contributed by atoms with Crippen LogP contribution in [0.5, 0.6) is 5.75 Å². The Morgan fingerprint density at radius 1 is 0.978 bits per heavy atom. The molecule has 0 unspecified atom stereocenters. The number of rotatable bonds is 12. The summed E-state index contributed by atoms with van der Waals surface area (Å²) in [6, 6.07) is 17.4.